The van der Waals surface area contributed by atoms with E-state index in [0.29, 0.717) is 28.7 Å². The van der Waals surface area contributed by atoms with Gasteiger partial charge in [0.1, 0.15) is 0 Å². The number of piperazine rings is 1. The van der Waals surface area contributed by atoms with Crippen LogP contribution in [0.4, 0.5) is 0 Å². The van der Waals surface area contributed by atoms with E-state index in [2.05, 4.69) is 16.0 Å². The fourth-order valence-corrected chi connectivity index (χ4v) is 3.18. The van der Waals surface area contributed by atoms with E-state index in [1.54, 1.807) is 24.4 Å². The molecule has 4 nitrogen and oxygen atoms in total. The number of carbonyl (C=O) groups is 1. The highest BCUT2D eigenvalue weighted by atomic mass is 35.5. The molecular weight excluding hydrogens is 333 g/mol. The van der Waals surface area contributed by atoms with Crippen molar-refractivity contribution in [3.8, 4) is 0 Å². The molecular formula is C17H17Cl2N3O. The Hall–Kier alpha value is -1.62. The second-order valence-corrected chi connectivity index (χ2v) is 6.40. The van der Waals surface area contributed by atoms with Crippen LogP contribution in [-0.2, 0) is 6.54 Å². The third-order valence-corrected chi connectivity index (χ3v) is 4.50. The highest BCUT2D eigenvalue weighted by Gasteiger charge is 2.23. The van der Waals surface area contributed by atoms with Crippen LogP contribution >= 0.6 is 23.2 Å². The number of halogens is 2. The highest BCUT2D eigenvalue weighted by molar-refractivity contribution is 6.36. The summed E-state index contributed by atoms with van der Waals surface area (Å²) < 4.78 is 0. The fraction of sp³-hybridized carbons (Fsp3) is 0.294. The van der Waals surface area contributed by atoms with Crippen LogP contribution in [0, 0.1) is 0 Å². The molecule has 1 fully saturated rings. The van der Waals surface area contributed by atoms with E-state index in [9.17, 15) is 4.79 Å². The quantitative estimate of drug-likeness (QED) is 0.852. The minimum atomic E-state index is -0.0345. The number of amides is 1. The topological polar surface area (TPSA) is 36.4 Å². The molecule has 1 saturated heterocycles. The maximum Gasteiger partial charge on any atom is 0.255 e. The number of benzene rings is 1. The summed E-state index contributed by atoms with van der Waals surface area (Å²) in [5, 5.41) is 0.938. The lowest BCUT2D eigenvalue weighted by molar-refractivity contribution is 0.0628. The van der Waals surface area contributed by atoms with Crippen molar-refractivity contribution in [3.05, 3.63) is 63.9 Å². The molecule has 1 amide bonds. The first kappa shape index (κ1) is 16.2. The predicted octanol–water partition coefficient (Wildman–Crippen LogP) is 3.35. The largest absolute Gasteiger partial charge is 0.336 e. The molecule has 0 radical (unpaired) electrons. The molecule has 1 aromatic carbocycles. The molecule has 120 valence electrons. The average Bonchev–Trinajstić information content (AvgIpc) is 2.56. The Morgan fingerprint density at radius 1 is 1.13 bits per heavy atom. The molecule has 2 heterocycles. The Bertz CT molecular complexity index is 685. The van der Waals surface area contributed by atoms with Crippen molar-refractivity contribution < 1.29 is 4.79 Å². The third-order valence-electron chi connectivity index (χ3n) is 3.95. The fourth-order valence-electron chi connectivity index (χ4n) is 2.69. The van der Waals surface area contributed by atoms with Crippen molar-refractivity contribution >= 4 is 29.1 Å². The van der Waals surface area contributed by atoms with Gasteiger partial charge < -0.3 is 4.90 Å². The first-order valence-corrected chi connectivity index (χ1v) is 8.24. The van der Waals surface area contributed by atoms with Crippen molar-refractivity contribution in [1.82, 2.24) is 14.8 Å². The minimum Gasteiger partial charge on any atom is -0.336 e. The van der Waals surface area contributed by atoms with Crippen molar-refractivity contribution in [1.29, 1.82) is 0 Å². The molecule has 0 unspecified atom stereocenters. The summed E-state index contributed by atoms with van der Waals surface area (Å²) in [6, 6.07) is 9.00. The van der Waals surface area contributed by atoms with Crippen molar-refractivity contribution in [2.24, 2.45) is 0 Å². The van der Waals surface area contributed by atoms with Gasteiger partial charge in [-0.2, -0.15) is 0 Å². The van der Waals surface area contributed by atoms with E-state index < -0.39 is 0 Å². The smallest absolute Gasteiger partial charge is 0.255 e. The van der Waals surface area contributed by atoms with Crippen molar-refractivity contribution in [2.75, 3.05) is 26.2 Å². The van der Waals surface area contributed by atoms with Gasteiger partial charge in [-0.3, -0.25) is 14.7 Å². The van der Waals surface area contributed by atoms with Gasteiger partial charge in [-0.25, -0.2) is 0 Å². The zero-order valence-electron chi connectivity index (χ0n) is 12.6. The second kappa shape index (κ2) is 7.30. The number of carbonyl (C=O) groups excluding carboxylic acids is 1. The van der Waals surface area contributed by atoms with Crippen LogP contribution in [0.25, 0.3) is 0 Å². The lowest BCUT2D eigenvalue weighted by Crippen LogP contribution is -2.48. The highest BCUT2D eigenvalue weighted by Crippen LogP contribution is 2.23. The lowest BCUT2D eigenvalue weighted by Gasteiger charge is -2.34. The third kappa shape index (κ3) is 4.02. The molecule has 0 bridgehead atoms. The van der Waals surface area contributed by atoms with Crippen molar-refractivity contribution in [2.45, 2.75) is 6.54 Å². The lowest BCUT2D eigenvalue weighted by atomic mass is 10.1. The normalized spacial score (nSPS) is 15.7. The van der Waals surface area contributed by atoms with Gasteiger partial charge in [0.05, 0.1) is 10.6 Å². The molecule has 1 aliphatic rings. The Balaban J connectivity index is 1.59. The van der Waals surface area contributed by atoms with Crippen LogP contribution < -0.4 is 0 Å². The molecule has 2 aromatic rings. The summed E-state index contributed by atoms with van der Waals surface area (Å²) in [7, 11) is 0. The zero-order chi connectivity index (χ0) is 16.2. The predicted molar refractivity (Wildman–Crippen MR) is 91.9 cm³/mol. The SMILES string of the molecule is O=C(c1ccc(Cl)cc1Cl)N1CCN(Cc2cccnc2)CC1. The van der Waals surface area contributed by atoms with E-state index in [1.807, 2.05) is 17.2 Å². The van der Waals surface area contributed by atoms with E-state index in [4.69, 9.17) is 23.2 Å². The van der Waals surface area contributed by atoms with Gasteiger partial charge in [0, 0.05) is 50.1 Å². The Morgan fingerprint density at radius 2 is 1.91 bits per heavy atom. The van der Waals surface area contributed by atoms with Crippen molar-refractivity contribution in [3.63, 3.8) is 0 Å². The molecule has 0 aliphatic carbocycles. The van der Waals surface area contributed by atoms with Gasteiger partial charge >= 0.3 is 0 Å². The molecule has 1 aromatic heterocycles. The summed E-state index contributed by atoms with van der Waals surface area (Å²) >= 11 is 12.0. The van der Waals surface area contributed by atoms with Crippen LogP contribution in [0.1, 0.15) is 15.9 Å². The van der Waals surface area contributed by atoms with Crippen LogP contribution in [-0.4, -0.2) is 46.9 Å². The average molecular weight is 350 g/mol. The number of aromatic nitrogens is 1. The molecule has 3 rings (SSSR count). The number of hydrogen-bond acceptors (Lipinski definition) is 3. The monoisotopic (exact) mass is 349 g/mol. The Kier molecular flexibility index (Phi) is 5.16. The summed E-state index contributed by atoms with van der Waals surface area (Å²) in [4.78, 5) is 20.9. The summed E-state index contributed by atoms with van der Waals surface area (Å²) in [6.45, 7) is 3.92. The van der Waals surface area contributed by atoms with Crippen LogP contribution in [0.3, 0.4) is 0 Å². The van der Waals surface area contributed by atoms with E-state index in [1.165, 1.54) is 5.56 Å². The van der Waals surface area contributed by atoms with E-state index in [-0.39, 0.29) is 5.91 Å². The Labute approximate surface area is 145 Å². The number of rotatable bonds is 3. The van der Waals surface area contributed by atoms with Gasteiger partial charge in [0.25, 0.3) is 5.91 Å². The van der Waals surface area contributed by atoms with Gasteiger partial charge in [-0.1, -0.05) is 29.3 Å². The molecule has 0 N–H and O–H groups in total. The first-order valence-electron chi connectivity index (χ1n) is 7.49. The second-order valence-electron chi connectivity index (χ2n) is 5.55. The molecule has 23 heavy (non-hydrogen) atoms. The standard InChI is InChI=1S/C17H17Cl2N3O/c18-14-3-4-15(16(19)10-14)17(23)22-8-6-21(7-9-22)12-13-2-1-5-20-11-13/h1-5,10-11H,6-9,12H2. The van der Waals surface area contributed by atoms with Gasteiger partial charge in [-0.05, 0) is 29.8 Å². The maximum atomic E-state index is 12.6. The molecule has 0 atom stereocenters. The molecule has 0 saturated carbocycles. The van der Waals surface area contributed by atoms with Crippen LogP contribution in [0.15, 0.2) is 42.7 Å². The molecule has 1 aliphatic heterocycles. The summed E-state index contributed by atoms with van der Waals surface area (Å²) in [5.74, 6) is -0.0345. The van der Waals surface area contributed by atoms with E-state index in [0.717, 1.165) is 19.6 Å². The molecule has 6 heteroatoms. The molecule has 0 spiro atoms. The van der Waals surface area contributed by atoms with E-state index >= 15 is 0 Å². The number of pyridine rings is 1. The van der Waals surface area contributed by atoms with Gasteiger partial charge in [0.15, 0.2) is 0 Å². The van der Waals surface area contributed by atoms with Crippen LogP contribution in [0.5, 0.6) is 0 Å². The summed E-state index contributed by atoms with van der Waals surface area (Å²) in [6.07, 6.45) is 3.65. The Morgan fingerprint density at radius 3 is 2.57 bits per heavy atom. The summed E-state index contributed by atoms with van der Waals surface area (Å²) in [5.41, 5.74) is 1.70. The minimum absolute atomic E-state index is 0.0345. The van der Waals surface area contributed by atoms with Crippen LogP contribution in [0.2, 0.25) is 10.0 Å². The first-order chi connectivity index (χ1) is 11.1. The number of nitrogens with zero attached hydrogens (tertiary/aromatic N) is 3. The maximum absolute atomic E-state index is 12.6. The number of hydrogen-bond donors (Lipinski definition) is 0. The van der Waals surface area contributed by atoms with Gasteiger partial charge in [0.2, 0.25) is 0 Å². The van der Waals surface area contributed by atoms with Gasteiger partial charge in [-0.15, -0.1) is 0 Å². The zero-order valence-corrected chi connectivity index (χ0v) is 14.1.